The zero-order valence-electron chi connectivity index (χ0n) is 15.8. The number of ketones is 1. The maximum absolute atomic E-state index is 13.1. The first-order valence-electron chi connectivity index (χ1n) is 9.00. The van der Waals surface area contributed by atoms with E-state index in [0.717, 1.165) is 12.0 Å². The van der Waals surface area contributed by atoms with E-state index in [4.69, 9.17) is 0 Å². The molecule has 0 saturated heterocycles. The van der Waals surface area contributed by atoms with E-state index in [0.29, 0.717) is 18.0 Å². The number of hydrogen-bond acceptors (Lipinski definition) is 5. The highest BCUT2D eigenvalue weighted by Crippen LogP contribution is 2.39. The van der Waals surface area contributed by atoms with Gasteiger partial charge in [-0.1, -0.05) is 37.3 Å². The molecule has 6 heteroatoms. The van der Waals surface area contributed by atoms with Crippen molar-refractivity contribution in [1.29, 1.82) is 0 Å². The average molecular weight is 385 g/mol. The van der Waals surface area contributed by atoms with Crippen LogP contribution in [-0.4, -0.2) is 53.8 Å². The Labute approximate surface area is 163 Å². The summed E-state index contributed by atoms with van der Waals surface area (Å²) in [5.41, 5.74) is 2.19. The molecule has 2 aromatic rings. The molecular weight excluding hydrogens is 360 g/mol. The lowest BCUT2D eigenvalue weighted by Gasteiger charge is -2.28. The topological polar surface area (TPSA) is 60.9 Å². The number of nitrogens with zero attached hydrogens (tertiary/aromatic N) is 2. The molecule has 1 aromatic heterocycles. The van der Waals surface area contributed by atoms with Crippen LogP contribution in [0.15, 0.2) is 53.1 Å². The van der Waals surface area contributed by atoms with Crippen LogP contribution in [0.3, 0.4) is 0 Å². The average Bonchev–Trinajstić information content (AvgIpc) is 3.28. The van der Waals surface area contributed by atoms with Gasteiger partial charge in [-0.05, 0) is 43.1 Å². The molecule has 1 aliphatic heterocycles. The molecule has 5 nitrogen and oxygen atoms in total. The first-order valence-corrected chi connectivity index (χ1v) is 9.87. The molecule has 0 bridgehead atoms. The lowest BCUT2D eigenvalue weighted by molar-refractivity contribution is -0.129. The van der Waals surface area contributed by atoms with Crippen molar-refractivity contribution < 1.29 is 14.7 Å². The molecule has 27 heavy (non-hydrogen) atoms. The van der Waals surface area contributed by atoms with Crippen molar-refractivity contribution in [2.45, 2.75) is 19.4 Å². The summed E-state index contributed by atoms with van der Waals surface area (Å²) >= 11 is 1.31. The van der Waals surface area contributed by atoms with Gasteiger partial charge in [-0.15, -0.1) is 11.3 Å². The summed E-state index contributed by atoms with van der Waals surface area (Å²) in [6.07, 6.45) is 0.913. The molecule has 1 aliphatic rings. The Morgan fingerprint density at radius 3 is 2.48 bits per heavy atom. The van der Waals surface area contributed by atoms with Crippen molar-refractivity contribution in [1.82, 2.24) is 9.80 Å². The molecule has 2 heterocycles. The Bertz CT molecular complexity index is 854. The minimum Gasteiger partial charge on any atom is -0.503 e. The standard InChI is InChI=1S/C21H24N2O3S/c1-4-14-7-9-15(10-8-14)18-17(19(24)16-6-5-13-27-16)20(25)21(26)23(18)12-11-22(2)3/h5-10,13,18,25H,4,11-12H2,1-3H3. The van der Waals surface area contributed by atoms with Gasteiger partial charge in [-0.25, -0.2) is 0 Å². The molecule has 3 rings (SSSR count). The number of aryl methyl sites for hydroxylation is 1. The second-order valence-electron chi connectivity index (χ2n) is 6.87. The van der Waals surface area contributed by atoms with E-state index >= 15 is 0 Å². The second-order valence-corrected chi connectivity index (χ2v) is 7.82. The van der Waals surface area contributed by atoms with Crippen molar-refractivity contribution >= 4 is 23.0 Å². The van der Waals surface area contributed by atoms with E-state index in [9.17, 15) is 14.7 Å². The van der Waals surface area contributed by atoms with Gasteiger partial charge in [0.25, 0.3) is 5.91 Å². The minimum absolute atomic E-state index is 0.172. The Morgan fingerprint density at radius 2 is 1.93 bits per heavy atom. The summed E-state index contributed by atoms with van der Waals surface area (Å²) < 4.78 is 0. The van der Waals surface area contributed by atoms with Gasteiger partial charge in [0, 0.05) is 13.1 Å². The Hall–Kier alpha value is -2.44. The fraction of sp³-hybridized carbons (Fsp3) is 0.333. The van der Waals surface area contributed by atoms with Crippen LogP contribution in [-0.2, 0) is 11.2 Å². The first-order chi connectivity index (χ1) is 12.9. The highest BCUT2D eigenvalue weighted by Gasteiger charge is 2.43. The van der Waals surface area contributed by atoms with E-state index < -0.39 is 17.7 Å². The maximum atomic E-state index is 13.1. The van der Waals surface area contributed by atoms with Crippen LogP contribution < -0.4 is 0 Å². The SMILES string of the molecule is CCc1ccc(C2C(C(=O)c3cccs3)=C(O)C(=O)N2CCN(C)C)cc1. The van der Waals surface area contributed by atoms with Gasteiger partial charge in [-0.2, -0.15) is 0 Å². The highest BCUT2D eigenvalue weighted by atomic mass is 32.1. The Morgan fingerprint density at radius 1 is 1.22 bits per heavy atom. The summed E-state index contributed by atoms with van der Waals surface area (Å²) in [6, 6.07) is 10.8. The van der Waals surface area contributed by atoms with Gasteiger partial charge in [0.2, 0.25) is 5.78 Å². The summed E-state index contributed by atoms with van der Waals surface area (Å²) in [7, 11) is 3.85. The lowest BCUT2D eigenvalue weighted by Crippen LogP contribution is -2.36. The largest absolute Gasteiger partial charge is 0.503 e. The van der Waals surface area contributed by atoms with Crippen LogP contribution in [0.2, 0.25) is 0 Å². The number of aliphatic hydroxyl groups is 1. The number of benzene rings is 1. The molecular formula is C21H24N2O3S. The summed E-state index contributed by atoms with van der Waals surface area (Å²) in [5.74, 6) is -1.20. The fourth-order valence-electron chi connectivity index (χ4n) is 3.25. The van der Waals surface area contributed by atoms with Crippen molar-refractivity contribution in [3.05, 3.63) is 69.1 Å². The van der Waals surface area contributed by atoms with Gasteiger partial charge < -0.3 is 14.9 Å². The Kier molecular flexibility index (Phi) is 5.77. The van der Waals surface area contributed by atoms with Gasteiger partial charge in [-0.3, -0.25) is 9.59 Å². The van der Waals surface area contributed by atoms with Gasteiger partial charge >= 0.3 is 0 Å². The van der Waals surface area contributed by atoms with Crippen LogP contribution in [0.4, 0.5) is 0 Å². The summed E-state index contributed by atoms with van der Waals surface area (Å²) in [6.45, 7) is 3.15. The van der Waals surface area contributed by atoms with Crippen LogP contribution in [0.5, 0.6) is 0 Å². The highest BCUT2D eigenvalue weighted by molar-refractivity contribution is 7.12. The molecule has 1 aromatic carbocycles. The number of aliphatic hydroxyl groups excluding tert-OH is 1. The van der Waals surface area contributed by atoms with Crippen LogP contribution in [0.1, 0.15) is 33.8 Å². The number of thiophene rings is 1. The van der Waals surface area contributed by atoms with E-state index in [-0.39, 0.29) is 11.4 Å². The predicted octanol–water partition coefficient (Wildman–Crippen LogP) is 3.45. The maximum Gasteiger partial charge on any atom is 0.290 e. The number of amides is 1. The van der Waals surface area contributed by atoms with Crippen molar-refractivity contribution in [3.63, 3.8) is 0 Å². The molecule has 0 saturated carbocycles. The molecule has 1 atom stereocenters. The lowest BCUT2D eigenvalue weighted by atomic mass is 9.94. The third-order valence-corrected chi connectivity index (χ3v) is 5.65. The van der Waals surface area contributed by atoms with E-state index in [1.54, 1.807) is 17.0 Å². The number of hydrogen-bond donors (Lipinski definition) is 1. The van der Waals surface area contributed by atoms with Crippen molar-refractivity contribution in [2.75, 3.05) is 27.2 Å². The number of rotatable bonds is 7. The molecule has 0 aliphatic carbocycles. The van der Waals surface area contributed by atoms with E-state index in [2.05, 4.69) is 6.92 Å². The van der Waals surface area contributed by atoms with Gasteiger partial charge in [0.05, 0.1) is 16.5 Å². The van der Waals surface area contributed by atoms with Crippen LogP contribution in [0.25, 0.3) is 0 Å². The molecule has 1 unspecified atom stereocenters. The summed E-state index contributed by atoms with van der Waals surface area (Å²) in [4.78, 5) is 29.9. The molecule has 0 fully saturated rings. The van der Waals surface area contributed by atoms with E-state index in [1.807, 2.05) is 48.6 Å². The third kappa shape index (κ3) is 3.82. The van der Waals surface area contributed by atoms with Crippen molar-refractivity contribution in [3.8, 4) is 0 Å². The quantitative estimate of drug-likeness (QED) is 0.743. The van der Waals surface area contributed by atoms with Gasteiger partial charge in [0.15, 0.2) is 5.76 Å². The fourth-order valence-corrected chi connectivity index (χ4v) is 3.92. The first kappa shape index (κ1) is 19.3. The van der Waals surface area contributed by atoms with Crippen LogP contribution >= 0.6 is 11.3 Å². The number of carbonyl (C=O) groups excluding carboxylic acids is 2. The second kappa shape index (κ2) is 8.06. The summed E-state index contributed by atoms with van der Waals surface area (Å²) in [5, 5.41) is 12.4. The molecule has 1 amide bonds. The smallest absolute Gasteiger partial charge is 0.290 e. The monoisotopic (exact) mass is 384 g/mol. The zero-order chi connectivity index (χ0) is 19.6. The van der Waals surface area contributed by atoms with E-state index in [1.165, 1.54) is 16.9 Å². The third-order valence-electron chi connectivity index (χ3n) is 4.79. The minimum atomic E-state index is -0.571. The zero-order valence-corrected chi connectivity index (χ0v) is 16.6. The van der Waals surface area contributed by atoms with Crippen molar-refractivity contribution in [2.24, 2.45) is 0 Å². The van der Waals surface area contributed by atoms with Crippen LogP contribution in [0, 0.1) is 0 Å². The number of Topliss-reactive ketones (excluding diaryl/α,β-unsaturated/α-hetero) is 1. The van der Waals surface area contributed by atoms with Gasteiger partial charge in [0.1, 0.15) is 0 Å². The number of likely N-dealkylation sites (N-methyl/N-ethyl adjacent to an activating group) is 1. The predicted molar refractivity (Wildman–Crippen MR) is 107 cm³/mol. The molecule has 0 radical (unpaired) electrons. The molecule has 0 spiro atoms. The normalized spacial score (nSPS) is 17.3. The molecule has 142 valence electrons. The molecule has 1 N–H and O–H groups in total. The Balaban J connectivity index is 2.04. The number of carbonyl (C=O) groups is 2.